The molecule has 0 aliphatic heterocycles. The maximum absolute atomic E-state index is 5.42. The van der Waals surface area contributed by atoms with E-state index in [1.54, 1.807) is 18.0 Å². The first kappa shape index (κ1) is 15.0. The van der Waals surface area contributed by atoms with Crippen molar-refractivity contribution in [2.24, 2.45) is 0 Å². The number of nitrogens with one attached hydrogen (secondary N) is 1. The van der Waals surface area contributed by atoms with Crippen molar-refractivity contribution in [3.63, 3.8) is 0 Å². The van der Waals surface area contributed by atoms with Gasteiger partial charge < -0.3 is 10.1 Å². The molecule has 1 aromatic carbocycles. The lowest BCUT2D eigenvalue weighted by molar-refractivity contribution is 0.0681. The minimum absolute atomic E-state index is 0.386. The van der Waals surface area contributed by atoms with E-state index in [1.165, 1.54) is 0 Å². The van der Waals surface area contributed by atoms with E-state index in [0.29, 0.717) is 23.9 Å². The average Bonchev–Trinajstić information content (AvgIpc) is 3.07. The Morgan fingerprint density at radius 1 is 1.12 bits per heavy atom. The molecule has 3 aromatic rings. The highest BCUT2D eigenvalue weighted by Gasteiger charge is 2.21. The molecule has 2 aromatic heterocycles. The Morgan fingerprint density at radius 2 is 1.96 bits per heavy atom. The van der Waals surface area contributed by atoms with E-state index in [4.69, 9.17) is 4.74 Å². The third-order valence-corrected chi connectivity index (χ3v) is 4.55. The lowest BCUT2D eigenvalue weighted by Gasteiger charge is -2.28. The maximum Gasteiger partial charge on any atom is 0.224 e. The monoisotopic (exact) mass is 324 g/mol. The number of para-hydroxylation sites is 1. The topological polar surface area (TPSA) is 77.8 Å². The maximum atomic E-state index is 5.42. The molecular weight excluding hydrogens is 304 g/mol. The number of benzene rings is 1. The van der Waals surface area contributed by atoms with Gasteiger partial charge in [-0.25, -0.2) is 4.98 Å². The van der Waals surface area contributed by atoms with Gasteiger partial charge in [0.1, 0.15) is 5.52 Å². The van der Waals surface area contributed by atoms with E-state index in [1.807, 2.05) is 30.3 Å². The zero-order valence-corrected chi connectivity index (χ0v) is 13.6. The molecule has 0 amide bonds. The highest BCUT2D eigenvalue weighted by molar-refractivity contribution is 5.75. The summed E-state index contributed by atoms with van der Waals surface area (Å²) >= 11 is 0. The summed E-state index contributed by atoms with van der Waals surface area (Å²) in [6.45, 7) is 0. The fourth-order valence-electron chi connectivity index (χ4n) is 3.20. The molecule has 1 fully saturated rings. The van der Waals surface area contributed by atoms with Crippen LogP contribution in [0.1, 0.15) is 25.7 Å². The molecule has 1 aliphatic rings. The average molecular weight is 324 g/mol. The summed E-state index contributed by atoms with van der Waals surface area (Å²) in [5.41, 5.74) is 1.78. The van der Waals surface area contributed by atoms with Crippen molar-refractivity contribution >= 4 is 17.0 Å². The van der Waals surface area contributed by atoms with Crippen molar-refractivity contribution in [1.29, 1.82) is 0 Å². The second-order valence-corrected chi connectivity index (χ2v) is 6.08. The van der Waals surface area contributed by atoms with Crippen LogP contribution in [0.5, 0.6) is 0 Å². The predicted octanol–water partition coefficient (Wildman–Crippen LogP) is 2.58. The largest absolute Gasteiger partial charge is 0.381 e. The quantitative estimate of drug-likeness (QED) is 0.795. The van der Waals surface area contributed by atoms with Gasteiger partial charge in [0.25, 0.3) is 0 Å². The first-order chi connectivity index (χ1) is 11.8. The Kier molecular flexibility index (Phi) is 4.08. The highest BCUT2D eigenvalue weighted by Crippen LogP contribution is 2.23. The molecule has 2 heterocycles. The molecule has 0 spiro atoms. The second-order valence-electron chi connectivity index (χ2n) is 6.08. The molecular formula is C17H20N6O. The Labute approximate surface area is 140 Å². The van der Waals surface area contributed by atoms with Crippen molar-refractivity contribution < 1.29 is 4.74 Å². The number of hydrogen-bond acceptors (Lipinski definition) is 6. The van der Waals surface area contributed by atoms with Gasteiger partial charge in [-0.3, -0.25) is 0 Å². The van der Waals surface area contributed by atoms with Gasteiger partial charge in [0.2, 0.25) is 5.95 Å². The fourth-order valence-corrected chi connectivity index (χ4v) is 3.20. The molecule has 0 radical (unpaired) electrons. The van der Waals surface area contributed by atoms with Crippen molar-refractivity contribution in [1.82, 2.24) is 25.0 Å². The number of anilines is 1. The summed E-state index contributed by atoms with van der Waals surface area (Å²) in [4.78, 5) is 8.95. The van der Waals surface area contributed by atoms with Crippen LogP contribution in [0, 0.1) is 0 Å². The third kappa shape index (κ3) is 2.94. The van der Waals surface area contributed by atoms with Crippen LogP contribution in [0.15, 0.2) is 36.5 Å². The van der Waals surface area contributed by atoms with Crippen LogP contribution >= 0.6 is 0 Å². The molecule has 1 saturated carbocycles. The van der Waals surface area contributed by atoms with Crippen LogP contribution in [0.2, 0.25) is 0 Å². The third-order valence-electron chi connectivity index (χ3n) is 4.55. The number of hydrogen-bond donors (Lipinski definition) is 1. The van der Waals surface area contributed by atoms with Gasteiger partial charge in [0, 0.05) is 25.4 Å². The minimum atomic E-state index is 0.386. The summed E-state index contributed by atoms with van der Waals surface area (Å²) < 4.78 is 7.16. The van der Waals surface area contributed by atoms with Crippen LogP contribution in [0.25, 0.3) is 16.9 Å². The van der Waals surface area contributed by atoms with Gasteiger partial charge in [-0.2, -0.15) is 9.67 Å². The summed E-state index contributed by atoms with van der Waals surface area (Å²) in [6.07, 6.45) is 6.42. The first-order valence-electron chi connectivity index (χ1n) is 8.26. The van der Waals surface area contributed by atoms with Gasteiger partial charge in [0.15, 0.2) is 5.82 Å². The second kappa shape index (κ2) is 6.52. The van der Waals surface area contributed by atoms with Crippen LogP contribution < -0.4 is 5.32 Å². The highest BCUT2D eigenvalue weighted by atomic mass is 16.5. The van der Waals surface area contributed by atoms with Crippen LogP contribution in [0.4, 0.5) is 5.95 Å². The molecule has 0 saturated heterocycles. The Bertz CT molecular complexity index is 825. The normalized spacial score (nSPS) is 21.0. The number of methoxy groups -OCH3 is 1. The molecule has 0 unspecified atom stereocenters. The predicted molar refractivity (Wildman–Crippen MR) is 91.1 cm³/mol. The number of ether oxygens (including phenoxy) is 1. The van der Waals surface area contributed by atoms with Gasteiger partial charge in [-0.15, -0.1) is 5.10 Å². The van der Waals surface area contributed by atoms with Crippen molar-refractivity contribution in [2.75, 3.05) is 12.4 Å². The SMILES string of the molecule is CO[C@H]1CC[C@H](Nc2nccc(-n3nnc4ccccc43)n2)CC1. The fraction of sp³-hybridized carbons (Fsp3) is 0.412. The Balaban J connectivity index is 1.54. The van der Waals surface area contributed by atoms with E-state index in [0.717, 1.165) is 36.7 Å². The molecule has 24 heavy (non-hydrogen) atoms. The summed E-state index contributed by atoms with van der Waals surface area (Å²) in [6, 6.07) is 10.1. The van der Waals surface area contributed by atoms with Crippen LogP contribution in [0.3, 0.4) is 0 Å². The van der Waals surface area contributed by atoms with Crippen LogP contribution in [-0.4, -0.2) is 44.2 Å². The first-order valence-corrected chi connectivity index (χ1v) is 8.26. The van der Waals surface area contributed by atoms with Gasteiger partial charge >= 0.3 is 0 Å². The number of nitrogens with zero attached hydrogens (tertiary/aromatic N) is 5. The molecule has 4 rings (SSSR count). The summed E-state index contributed by atoms with van der Waals surface area (Å²) in [7, 11) is 1.79. The van der Waals surface area contributed by atoms with Gasteiger partial charge in [0.05, 0.1) is 11.6 Å². The molecule has 0 bridgehead atoms. The van der Waals surface area contributed by atoms with E-state index in [9.17, 15) is 0 Å². The lowest BCUT2D eigenvalue weighted by atomic mass is 9.93. The van der Waals surface area contributed by atoms with E-state index >= 15 is 0 Å². The molecule has 1 aliphatic carbocycles. The van der Waals surface area contributed by atoms with Crippen molar-refractivity contribution in [3.8, 4) is 5.82 Å². The zero-order chi connectivity index (χ0) is 16.4. The summed E-state index contributed by atoms with van der Waals surface area (Å²) in [5, 5.41) is 11.8. The molecule has 7 heteroatoms. The van der Waals surface area contributed by atoms with E-state index < -0.39 is 0 Å². The minimum Gasteiger partial charge on any atom is -0.381 e. The number of aromatic nitrogens is 5. The van der Waals surface area contributed by atoms with Crippen LogP contribution in [-0.2, 0) is 4.74 Å². The standard InChI is InChI=1S/C17H20N6O/c1-24-13-8-6-12(7-9-13)19-17-18-11-10-16(20-17)23-15-5-3-2-4-14(15)21-22-23/h2-5,10-13H,6-9H2,1H3,(H,18,19,20)/t12-,13-. The Hall–Kier alpha value is -2.54. The summed E-state index contributed by atoms with van der Waals surface area (Å²) in [5.74, 6) is 1.35. The molecule has 124 valence electrons. The smallest absolute Gasteiger partial charge is 0.224 e. The molecule has 1 N–H and O–H groups in total. The van der Waals surface area contributed by atoms with E-state index in [2.05, 4.69) is 25.6 Å². The van der Waals surface area contributed by atoms with Gasteiger partial charge in [-0.05, 0) is 37.8 Å². The zero-order valence-electron chi connectivity index (χ0n) is 13.6. The van der Waals surface area contributed by atoms with Gasteiger partial charge in [-0.1, -0.05) is 17.3 Å². The molecule has 7 nitrogen and oxygen atoms in total. The van der Waals surface area contributed by atoms with Crippen molar-refractivity contribution in [2.45, 2.75) is 37.8 Å². The molecule has 0 atom stereocenters. The van der Waals surface area contributed by atoms with E-state index in [-0.39, 0.29) is 0 Å². The Morgan fingerprint density at radius 3 is 2.79 bits per heavy atom. The van der Waals surface area contributed by atoms with Crippen molar-refractivity contribution in [3.05, 3.63) is 36.5 Å². The lowest BCUT2D eigenvalue weighted by Crippen LogP contribution is -2.30. The number of rotatable bonds is 4. The number of fused-ring (bicyclic) bond motifs is 1.